The molecule has 2 aromatic carbocycles. The van der Waals surface area contributed by atoms with Crippen LogP contribution in [-0.4, -0.2) is 38.5 Å². The summed E-state index contributed by atoms with van der Waals surface area (Å²) < 4.78 is 2.00. The fourth-order valence-corrected chi connectivity index (χ4v) is 4.94. The Kier molecular flexibility index (Phi) is 6.98. The van der Waals surface area contributed by atoms with Gasteiger partial charge in [-0.05, 0) is 48.9 Å². The van der Waals surface area contributed by atoms with Crippen molar-refractivity contribution in [1.29, 1.82) is 0 Å². The van der Waals surface area contributed by atoms with Crippen LogP contribution in [0.1, 0.15) is 55.5 Å². The number of rotatable bonds is 7. The number of aryl methyl sites for hydroxylation is 1. The molecule has 2 aromatic heterocycles. The molecule has 1 saturated heterocycles. The van der Waals surface area contributed by atoms with Crippen LogP contribution in [0.25, 0.3) is 10.9 Å². The van der Waals surface area contributed by atoms with Crippen LogP contribution in [0.15, 0.2) is 67.3 Å². The second kappa shape index (κ2) is 10.5. The van der Waals surface area contributed by atoms with Gasteiger partial charge in [0.1, 0.15) is 0 Å². The van der Waals surface area contributed by atoms with Crippen LogP contribution < -0.4 is 10.2 Å². The van der Waals surface area contributed by atoms with Gasteiger partial charge < -0.3 is 14.8 Å². The summed E-state index contributed by atoms with van der Waals surface area (Å²) in [6.07, 6.45) is 7.04. The third-order valence-electron chi connectivity index (χ3n) is 7.18. The number of piperidine rings is 1. The van der Waals surface area contributed by atoms with E-state index in [1.54, 1.807) is 12.5 Å². The van der Waals surface area contributed by atoms with Gasteiger partial charge in [0.2, 0.25) is 11.9 Å². The molecule has 1 aliphatic heterocycles. The van der Waals surface area contributed by atoms with Gasteiger partial charge in [0.15, 0.2) is 0 Å². The van der Waals surface area contributed by atoms with Crippen molar-refractivity contribution >= 4 is 22.8 Å². The van der Waals surface area contributed by atoms with Crippen LogP contribution in [-0.2, 0) is 11.3 Å². The van der Waals surface area contributed by atoms with E-state index < -0.39 is 0 Å². The molecule has 7 heteroatoms. The average molecular weight is 483 g/mol. The summed E-state index contributed by atoms with van der Waals surface area (Å²) in [6.45, 7) is 8.64. The lowest BCUT2D eigenvalue weighted by atomic mass is 9.95. The van der Waals surface area contributed by atoms with Gasteiger partial charge in [-0.1, -0.05) is 50.2 Å². The highest BCUT2D eigenvalue weighted by Gasteiger charge is 2.28. The van der Waals surface area contributed by atoms with Crippen LogP contribution in [0.3, 0.4) is 0 Å². The van der Waals surface area contributed by atoms with Crippen molar-refractivity contribution in [3.63, 3.8) is 0 Å². The quantitative estimate of drug-likeness (QED) is 0.400. The standard InChI is InChI=1S/C29H34N6O/c1-20(2)24-9-10-26-25(17-24)21(3)31-29(33-26)35-14-11-23(12-15-35)28(36)32-27(18-34-16-13-30-19-34)22-7-5-4-6-8-22/h4-10,13,16-17,19-20,23,27H,11-12,14-15,18H2,1-3H3,(H,32,36). The smallest absolute Gasteiger partial charge is 0.226 e. The van der Waals surface area contributed by atoms with Gasteiger partial charge in [-0.3, -0.25) is 4.79 Å². The van der Waals surface area contributed by atoms with Crippen molar-refractivity contribution in [2.45, 2.75) is 52.1 Å². The van der Waals surface area contributed by atoms with E-state index in [4.69, 9.17) is 9.97 Å². The highest BCUT2D eigenvalue weighted by Crippen LogP contribution is 2.27. The molecule has 1 amide bonds. The first-order chi connectivity index (χ1) is 17.5. The zero-order chi connectivity index (χ0) is 25.1. The summed E-state index contributed by atoms with van der Waals surface area (Å²) in [7, 11) is 0. The summed E-state index contributed by atoms with van der Waals surface area (Å²) in [5.41, 5.74) is 4.38. The van der Waals surface area contributed by atoms with Crippen LogP contribution in [0.2, 0.25) is 0 Å². The lowest BCUT2D eigenvalue weighted by molar-refractivity contribution is -0.126. The monoisotopic (exact) mass is 482 g/mol. The van der Waals surface area contributed by atoms with E-state index in [1.165, 1.54) is 5.56 Å². The Morgan fingerprint density at radius 1 is 1.06 bits per heavy atom. The minimum absolute atomic E-state index is 0.0228. The van der Waals surface area contributed by atoms with Crippen LogP contribution in [0.4, 0.5) is 5.95 Å². The summed E-state index contributed by atoms with van der Waals surface area (Å²) in [5.74, 6) is 1.32. The minimum Gasteiger partial charge on any atom is -0.347 e. The molecular formula is C29H34N6O. The Morgan fingerprint density at radius 3 is 2.53 bits per heavy atom. The number of imidazole rings is 1. The first-order valence-corrected chi connectivity index (χ1v) is 12.8. The Bertz CT molecular complexity index is 1310. The van der Waals surface area contributed by atoms with E-state index in [0.717, 1.165) is 54.0 Å². The normalized spacial score (nSPS) is 15.4. The maximum Gasteiger partial charge on any atom is 0.226 e. The fourth-order valence-electron chi connectivity index (χ4n) is 4.94. The maximum atomic E-state index is 13.3. The largest absolute Gasteiger partial charge is 0.347 e. The fraction of sp³-hybridized carbons (Fsp3) is 0.379. The lowest BCUT2D eigenvalue weighted by Gasteiger charge is -2.32. The van der Waals surface area contributed by atoms with Crippen LogP contribution >= 0.6 is 0 Å². The molecule has 5 rings (SSSR count). The van der Waals surface area contributed by atoms with E-state index in [-0.39, 0.29) is 17.9 Å². The highest BCUT2D eigenvalue weighted by atomic mass is 16.2. The number of hydrogen-bond acceptors (Lipinski definition) is 5. The summed E-state index contributed by atoms with van der Waals surface area (Å²) in [5, 5.41) is 4.42. The number of carbonyl (C=O) groups is 1. The van der Waals surface area contributed by atoms with Crippen molar-refractivity contribution in [2.75, 3.05) is 18.0 Å². The molecule has 1 N–H and O–H groups in total. The van der Waals surface area contributed by atoms with Crippen molar-refractivity contribution in [1.82, 2.24) is 24.8 Å². The zero-order valence-electron chi connectivity index (χ0n) is 21.3. The molecule has 0 saturated carbocycles. The molecule has 0 spiro atoms. The molecular weight excluding hydrogens is 448 g/mol. The van der Waals surface area contributed by atoms with Crippen LogP contribution in [0.5, 0.6) is 0 Å². The van der Waals surface area contributed by atoms with Crippen molar-refractivity contribution < 1.29 is 4.79 Å². The first-order valence-electron chi connectivity index (χ1n) is 12.8. The Hall–Kier alpha value is -3.74. The average Bonchev–Trinajstić information content (AvgIpc) is 3.42. The molecule has 1 aliphatic rings. The number of carbonyl (C=O) groups excluding carboxylic acids is 1. The molecule has 0 bridgehead atoms. The number of amides is 1. The predicted octanol–water partition coefficient (Wildman–Crippen LogP) is 5.03. The first kappa shape index (κ1) is 24.0. The number of aromatic nitrogens is 4. The van der Waals surface area contributed by atoms with E-state index in [2.05, 4.69) is 66.3 Å². The number of anilines is 1. The van der Waals surface area contributed by atoms with E-state index in [1.807, 2.05) is 29.0 Å². The molecule has 36 heavy (non-hydrogen) atoms. The number of fused-ring (bicyclic) bond motifs is 1. The second-order valence-electron chi connectivity index (χ2n) is 10.0. The molecule has 186 valence electrons. The van der Waals surface area contributed by atoms with Gasteiger partial charge in [-0.2, -0.15) is 0 Å². The molecule has 0 radical (unpaired) electrons. The van der Waals surface area contributed by atoms with Gasteiger partial charge in [-0.25, -0.2) is 15.0 Å². The van der Waals surface area contributed by atoms with Gasteiger partial charge in [-0.15, -0.1) is 0 Å². The van der Waals surface area contributed by atoms with Crippen molar-refractivity contribution in [2.24, 2.45) is 5.92 Å². The van der Waals surface area contributed by atoms with E-state index in [9.17, 15) is 4.79 Å². The molecule has 0 aliphatic carbocycles. The molecule has 7 nitrogen and oxygen atoms in total. The van der Waals surface area contributed by atoms with Crippen molar-refractivity contribution in [3.8, 4) is 0 Å². The Morgan fingerprint density at radius 2 is 1.83 bits per heavy atom. The SMILES string of the molecule is Cc1nc(N2CCC(C(=O)NC(Cn3ccnc3)c3ccccc3)CC2)nc2ccc(C(C)C)cc12. The highest BCUT2D eigenvalue weighted by molar-refractivity contribution is 5.83. The number of nitrogens with one attached hydrogen (secondary N) is 1. The second-order valence-corrected chi connectivity index (χ2v) is 10.0. The van der Waals surface area contributed by atoms with Gasteiger partial charge in [0.05, 0.1) is 23.6 Å². The predicted molar refractivity (Wildman–Crippen MR) is 143 cm³/mol. The minimum atomic E-state index is -0.104. The van der Waals surface area contributed by atoms with Crippen molar-refractivity contribution in [3.05, 3.63) is 84.1 Å². The zero-order valence-corrected chi connectivity index (χ0v) is 21.3. The molecule has 3 heterocycles. The third-order valence-corrected chi connectivity index (χ3v) is 7.18. The number of nitrogens with zero attached hydrogens (tertiary/aromatic N) is 5. The summed E-state index contributed by atoms with van der Waals surface area (Å²) in [4.78, 5) is 29.3. The molecule has 4 aromatic rings. The van der Waals surface area contributed by atoms with Gasteiger partial charge in [0.25, 0.3) is 0 Å². The topological polar surface area (TPSA) is 75.9 Å². The Balaban J connectivity index is 1.25. The lowest BCUT2D eigenvalue weighted by Crippen LogP contribution is -2.42. The third kappa shape index (κ3) is 5.25. The van der Waals surface area contributed by atoms with E-state index >= 15 is 0 Å². The number of benzene rings is 2. The summed E-state index contributed by atoms with van der Waals surface area (Å²) in [6, 6.07) is 16.5. The molecule has 1 atom stereocenters. The Labute approximate surface area is 212 Å². The van der Waals surface area contributed by atoms with Gasteiger partial charge >= 0.3 is 0 Å². The van der Waals surface area contributed by atoms with E-state index in [0.29, 0.717) is 12.5 Å². The van der Waals surface area contributed by atoms with Crippen LogP contribution in [0, 0.1) is 12.8 Å². The van der Waals surface area contributed by atoms with Gasteiger partial charge in [0, 0.05) is 43.3 Å². The molecule has 1 fully saturated rings. The molecule has 1 unspecified atom stereocenters. The number of hydrogen-bond donors (Lipinski definition) is 1. The maximum absolute atomic E-state index is 13.3. The summed E-state index contributed by atoms with van der Waals surface area (Å²) >= 11 is 0.